The average Bonchev–Trinajstić information content (AvgIpc) is 2.66. The summed E-state index contributed by atoms with van der Waals surface area (Å²) in [6, 6.07) is 18.0. The molecule has 5 heteroatoms. The molecule has 0 bridgehead atoms. The summed E-state index contributed by atoms with van der Waals surface area (Å²) in [7, 11) is -3.40. The predicted octanol–water partition coefficient (Wildman–Crippen LogP) is 6.44. The molecule has 1 saturated heterocycles. The molecule has 26 heavy (non-hydrogen) atoms. The monoisotopic (exact) mass is 384 g/mol. The molecule has 2 aromatic carbocycles. The molecule has 0 aromatic heterocycles. The van der Waals surface area contributed by atoms with Crippen LogP contribution in [0.5, 0.6) is 0 Å². The molecule has 0 saturated carbocycles. The topological polar surface area (TPSA) is 35.5 Å². The third-order valence-corrected chi connectivity index (χ3v) is 7.65. The van der Waals surface area contributed by atoms with Gasteiger partial charge in [-0.15, -0.1) is 0 Å². The fraction of sp³-hybridized carbons (Fsp3) is 0.238. The molecule has 0 N–H and O–H groups in total. The SMILES string of the molecule is CC1(C)COP(=O)(/C(=C2\C=Cc3ccccc3S2)c2ccccc2)OC1. The van der Waals surface area contributed by atoms with E-state index >= 15 is 0 Å². The lowest BCUT2D eigenvalue weighted by molar-refractivity contribution is 0.0467. The summed E-state index contributed by atoms with van der Waals surface area (Å²) in [6.45, 7) is 4.94. The van der Waals surface area contributed by atoms with E-state index in [4.69, 9.17) is 9.05 Å². The smallest absolute Gasteiger partial charge is 0.305 e. The van der Waals surface area contributed by atoms with Crippen molar-refractivity contribution >= 4 is 30.7 Å². The maximum absolute atomic E-state index is 13.7. The van der Waals surface area contributed by atoms with Gasteiger partial charge in [0.2, 0.25) is 0 Å². The number of fused-ring (bicyclic) bond motifs is 1. The highest BCUT2D eigenvalue weighted by atomic mass is 32.2. The van der Waals surface area contributed by atoms with Crippen LogP contribution in [0.25, 0.3) is 11.4 Å². The Hall–Kier alpha value is -1.58. The van der Waals surface area contributed by atoms with Gasteiger partial charge in [-0.1, -0.05) is 80.2 Å². The third-order valence-electron chi connectivity index (χ3n) is 4.36. The molecule has 2 aliphatic rings. The first-order valence-corrected chi connectivity index (χ1v) is 11.0. The van der Waals surface area contributed by atoms with E-state index in [1.165, 1.54) is 5.56 Å². The molecule has 4 rings (SSSR count). The number of hydrogen-bond donors (Lipinski definition) is 0. The standard InChI is InChI=1S/C21H21O3PS/c1-21(2)14-23-25(22,24-15-21)20(17-9-4-3-5-10-17)19-13-12-16-8-6-7-11-18(16)26-19/h3-13H,14-15H2,1-2H3/b20-19+. The zero-order chi connectivity index (χ0) is 18.2. The van der Waals surface area contributed by atoms with E-state index in [2.05, 4.69) is 32.1 Å². The average molecular weight is 384 g/mol. The van der Waals surface area contributed by atoms with Crippen LogP contribution < -0.4 is 0 Å². The van der Waals surface area contributed by atoms with E-state index in [1.54, 1.807) is 11.8 Å². The molecule has 0 unspecified atom stereocenters. The van der Waals surface area contributed by atoms with Gasteiger partial charge < -0.3 is 9.05 Å². The van der Waals surface area contributed by atoms with Crippen LogP contribution in [-0.4, -0.2) is 13.2 Å². The van der Waals surface area contributed by atoms with Gasteiger partial charge in [0.05, 0.1) is 18.5 Å². The van der Waals surface area contributed by atoms with Crippen molar-refractivity contribution in [2.24, 2.45) is 5.41 Å². The van der Waals surface area contributed by atoms with Crippen molar-refractivity contribution in [1.82, 2.24) is 0 Å². The van der Waals surface area contributed by atoms with Crippen LogP contribution >= 0.6 is 19.4 Å². The van der Waals surface area contributed by atoms with Crippen LogP contribution in [0, 0.1) is 5.41 Å². The number of rotatable bonds is 2. The predicted molar refractivity (Wildman–Crippen MR) is 108 cm³/mol. The maximum atomic E-state index is 13.7. The first kappa shape index (κ1) is 17.8. The van der Waals surface area contributed by atoms with Crippen molar-refractivity contribution in [2.45, 2.75) is 18.7 Å². The lowest BCUT2D eigenvalue weighted by Crippen LogP contribution is -2.29. The molecule has 2 heterocycles. The molecule has 1 fully saturated rings. The lowest BCUT2D eigenvalue weighted by Gasteiger charge is -2.35. The van der Waals surface area contributed by atoms with Gasteiger partial charge in [-0.05, 0) is 23.3 Å². The Kier molecular flexibility index (Phi) is 4.70. The molecule has 134 valence electrons. The largest absolute Gasteiger partial charge is 0.363 e. The van der Waals surface area contributed by atoms with E-state index in [0.29, 0.717) is 18.5 Å². The first-order valence-electron chi connectivity index (χ1n) is 8.61. The van der Waals surface area contributed by atoms with Gasteiger partial charge >= 0.3 is 7.60 Å². The van der Waals surface area contributed by atoms with Gasteiger partial charge in [0.25, 0.3) is 0 Å². The van der Waals surface area contributed by atoms with E-state index < -0.39 is 7.60 Å². The van der Waals surface area contributed by atoms with Crippen molar-refractivity contribution < 1.29 is 13.6 Å². The summed E-state index contributed by atoms with van der Waals surface area (Å²) < 4.78 is 25.4. The highest BCUT2D eigenvalue weighted by Gasteiger charge is 2.41. The highest BCUT2D eigenvalue weighted by Crippen LogP contribution is 2.66. The van der Waals surface area contributed by atoms with Crippen LogP contribution in [0.15, 0.2) is 70.5 Å². The molecular formula is C21H21O3PS. The van der Waals surface area contributed by atoms with Gasteiger partial charge in [-0.2, -0.15) is 0 Å². The number of benzene rings is 2. The van der Waals surface area contributed by atoms with Gasteiger partial charge in [0, 0.05) is 15.2 Å². The zero-order valence-electron chi connectivity index (χ0n) is 14.8. The van der Waals surface area contributed by atoms with Crippen LogP contribution in [0.3, 0.4) is 0 Å². The van der Waals surface area contributed by atoms with Gasteiger partial charge in [0.1, 0.15) is 0 Å². The van der Waals surface area contributed by atoms with Crippen molar-refractivity contribution in [3.8, 4) is 0 Å². The lowest BCUT2D eigenvalue weighted by atomic mass is 9.97. The van der Waals surface area contributed by atoms with Crippen molar-refractivity contribution in [3.05, 3.63) is 76.7 Å². The summed E-state index contributed by atoms with van der Waals surface area (Å²) >= 11 is 1.61. The Labute approximate surface area is 158 Å². The van der Waals surface area contributed by atoms with Crippen LogP contribution in [0.1, 0.15) is 25.0 Å². The van der Waals surface area contributed by atoms with E-state index in [-0.39, 0.29) is 5.41 Å². The fourth-order valence-electron chi connectivity index (χ4n) is 2.92. The Morgan fingerprint density at radius 3 is 2.35 bits per heavy atom. The second-order valence-corrected chi connectivity index (χ2v) is 10.3. The minimum atomic E-state index is -3.40. The summed E-state index contributed by atoms with van der Waals surface area (Å²) in [4.78, 5) is 2.06. The number of thioether (sulfide) groups is 1. The second kappa shape index (κ2) is 6.86. The number of allylic oxidation sites excluding steroid dienone is 1. The van der Waals surface area contributed by atoms with Crippen LogP contribution in [0.4, 0.5) is 0 Å². The first-order chi connectivity index (χ1) is 12.5. The quantitative estimate of drug-likeness (QED) is 0.558. The van der Waals surface area contributed by atoms with Crippen molar-refractivity contribution in [2.75, 3.05) is 13.2 Å². The Morgan fingerprint density at radius 1 is 0.962 bits per heavy atom. The summed E-state index contributed by atoms with van der Waals surface area (Å²) in [5.74, 6) is 0. The summed E-state index contributed by atoms with van der Waals surface area (Å²) in [5.41, 5.74) is 1.91. The maximum Gasteiger partial charge on any atom is 0.363 e. The van der Waals surface area contributed by atoms with Gasteiger partial charge in [-0.3, -0.25) is 4.57 Å². The normalized spacial score (nSPS) is 22.5. The molecule has 0 spiro atoms. The summed E-state index contributed by atoms with van der Waals surface area (Å²) in [6.07, 6.45) is 4.08. The van der Waals surface area contributed by atoms with Gasteiger partial charge in [0.15, 0.2) is 0 Å². The van der Waals surface area contributed by atoms with Crippen LogP contribution in [0.2, 0.25) is 0 Å². The summed E-state index contributed by atoms with van der Waals surface area (Å²) in [5, 5.41) is 0.657. The van der Waals surface area contributed by atoms with Crippen molar-refractivity contribution in [3.63, 3.8) is 0 Å². The molecular weight excluding hydrogens is 363 g/mol. The molecule has 2 aliphatic heterocycles. The van der Waals surface area contributed by atoms with Gasteiger partial charge in [-0.25, -0.2) is 0 Å². The van der Waals surface area contributed by atoms with Crippen molar-refractivity contribution in [1.29, 1.82) is 0 Å². The molecule has 0 atom stereocenters. The molecule has 0 radical (unpaired) electrons. The van der Waals surface area contributed by atoms with Crippen LogP contribution in [-0.2, 0) is 13.6 Å². The minimum Gasteiger partial charge on any atom is -0.305 e. The highest BCUT2D eigenvalue weighted by molar-refractivity contribution is 8.04. The second-order valence-electron chi connectivity index (χ2n) is 7.26. The fourth-order valence-corrected chi connectivity index (χ4v) is 6.56. The third kappa shape index (κ3) is 3.47. The van der Waals surface area contributed by atoms with E-state index in [0.717, 1.165) is 15.4 Å². The van der Waals surface area contributed by atoms with E-state index in [1.807, 2.05) is 48.5 Å². The molecule has 3 nitrogen and oxygen atoms in total. The Balaban J connectivity index is 1.82. The molecule has 2 aromatic rings. The Bertz CT molecular complexity index is 917. The minimum absolute atomic E-state index is 0.136. The Morgan fingerprint density at radius 2 is 1.62 bits per heavy atom. The zero-order valence-corrected chi connectivity index (χ0v) is 16.6. The molecule has 0 aliphatic carbocycles. The number of hydrogen-bond acceptors (Lipinski definition) is 4. The van der Waals surface area contributed by atoms with E-state index in [9.17, 15) is 4.57 Å². The molecule has 0 amide bonds.